The van der Waals surface area contributed by atoms with Crippen LogP contribution in [-0.2, 0) is 4.79 Å². The summed E-state index contributed by atoms with van der Waals surface area (Å²) in [7, 11) is 0. The molecule has 1 aromatic carbocycles. The third-order valence-corrected chi connectivity index (χ3v) is 4.61. The highest BCUT2D eigenvalue weighted by Crippen LogP contribution is 2.20. The number of hydrogen-bond acceptors (Lipinski definition) is 3. The van der Waals surface area contributed by atoms with Crippen molar-refractivity contribution in [3.05, 3.63) is 30.3 Å². The molecule has 4 heteroatoms. The summed E-state index contributed by atoms with van der Waals surface area (Å²) in [5, 5.41) is 3.35. The van der Waals surface area contributed by atoms with Crippen molar-refractivity contribution in [3.63, 3.8) is 0 Å². The van der Waals surface area contributed by atoms with E-state index in [1.54, 1.807) is 11.8 Å². The highest BCUT2D eigenvalue weighted by atomic mass is 32.2. The van der Waals surface area contributed by atoms with Crippen molar-refractivity contribution in [3.8, 4) is 0 Å². The van der Waals surface area contributed by atoms with Crippen LogP contribution in [0.3, 0.4) is 0 Å². The Labute approximate surface area is 126 Å². The van der Waals surface area contributed by atoms with Crippen molar-refractivity contribution in [2.45, 2.75) is 43.7 Å². The van der Waals surface area contributed by atoms with Gasteiger partial charge in [0.15, 0.2) is 0 Å². The molecule has 0 aliphatic carbocycles. The molecule has 1 unspecified atom stereocenters. The van der Waals surface area contributed by atoms with Gasteiger partial charge in [0.25, 0.3) is 0 Å². The van der Waals surface area contributed by atoms with Gasteiger partial charge in [-0.1, -0.05) is 18.2 Å². The van der Waals surface area contributed by atoms with Gasteiger partial charge in [-0.2, -0.15) is 0 Å². The summed E-state index contributed by atoms with van der Waals surface area (Å²) in [5.41, 5.74) is 0. The summed E-state index contributed by atoms with van der Waals surface area (Å²) in [4.78, 5) is 15.8. The van der Waals surface area contributed by atoms with E-state index in [9.17, 15) is 4.79 Å². The van der Waals surface area contributed by atoms with E-state index in [0.717, 1.165) is 25.3 Å². The summed E-state index contributed by atoms with van der Waals surface area (Å²) in [6, 6.07) is 10.9. The fraction of sp³-hybridized carbons (Fsp3) is 0.562. The fourth-order valence-corrected chi connectivity index (χ4v) is 3.55. The van der Waals surface area contributed by atoms with Crippen LogP contribution in [0.25, 0.3) is 0 Å². The van der Waals surface area contributed by atoms with E-state index < -0.39 is 0 Å². The lowest BCUT2D eigenvalue weighted by molar-refractivity contribution is -0.134. The molecule has 1 heterocycles. The molecule has 0 radical (unpaired) electrons. The normalized spacial score (nSPS) is 18.4. The zero-order valence-electron chi connectivity index (χ0n) is 12.3. The van der Waals surface area contributed by atoms with Gasteiger partial charge in [0.05, 0.1) is 0 Å². The second-order valence-corrected chi connectivity index (χ2v) is 6.62. The first kappa shape index (κ1) is 15.4. The van der Waals surface area contributed by atoms with Gasteiger partial charge in [-0.05, 0) is 38.9 Å². The van der Waals surface area contributed by atoms with Gasteiger partial charge in [-0.15, -0.1) is 11.8 Å². The molecule has 110 valence electrons. The van der Waals surface area contributed by atoms with Crippen molar-refractivity contribution >= 4 is 17.7 Å². The van der Waals surface area contributed by atoms with Gasteiger partial charge < -0.3 is 10.2 Å². The molecule has 0 saturated carbocycles. The van der Waals surface area contributed by atoms with Gasteiger partial charge in [-0.25, -0.2) is 0 Å². The summed E-state index contributed by atoms with van der Waals surface area (Å²) in [6.07, 6.45) is 1.70. The third kappa shape index (κ3) is 4.25. The van der Waals surface area contributed by atoms with Gasteiger partial charge in [0.1, 0.15) is 0 Å². The van der Waals surface area contributed by atoms with Crippen molar-refractivity contribution in [2.75, 3.05) is 18.8 Å². The minimum Gasteiger partial charge on any atom is -0.336 e. The van der Waals surface area contributed by atoms with Crippen molar-refractivity contribution in [2.24, 2.45) is 0 Å². The van der Waals surface area contributed by atoms with Crippen LogP contribution in [0.15, 0.2) is 35.2 Å². The van der Waals surface area contributed by atoms with Gasteiger partial charge in [0.2, 0.25) is 5.91 Å². The number of amides is 1. The maximum atomic E-state index is 12.4. The zero-order chi connectivity index (χ0) is 14.4. The monoisotopic (exact) mass is 292 g/mol. The lowest BCUT2D eigenvalue weighted by atomic mass is 10.1. The fourth-order valence-electron chi connectivity index (χ4n) is 2.69. The number of carbonyl (C=O) groups excluding carboxylic acids is 1. The van der Waals surface area contributed by atoms with Crippen LogP contribution in [0, 0.1) is 0 Å². The number of nitrogens with zero attached hydrogens (tertiary/aromatic N) is 1. The Morgan fingerprint density at radius 2 is 2.15 bits per heavy atom. The van der Waals surface area contributed by atoms with E-state index >= 15 is 0 Å². The highest BCUT2D eigenvalue weighted by Gasteiger charge is 2.27. The highest BCUT2D eigenvalue weighted by molar-refractivity contribution is 7.99. The Kier molecular flexibility index (Phi) is 5.92. The Morgan fingerprint density at radius 3 is 2.75 bits per heavy atom. The summed E-state index contributed by atoms with van der Waals surface area (Å²) < 4.78 is 0. The number of rotatable bonds is 6. The maximum Gasteiger partial charge on any atom is 0.223 e. The van der Waals surface area contributed by atoms with E-state index in [2.05, 4.69) is 36.2 Å². The van der Waals surface area contributed by atoms with Gasteiger partial charge in [0, 0.05) is 35.7 Å². The second kappa shape index (κ2) is 7.70. The maximum absolute atomic E-state index is 12.4. The molecule has 1 aliphatic heterocycles. The molecule has 0 spiro atoms. The predicted molar refractivity (Wildman–Crippen MR) is 85.0 cm³/mol. The summed E-state index contributed by atoms with van der Waals surface area (Å²) in [5.74, 6) is 1.14. The van der Waals surface area contributed by atoms with Crippen LogP contribution in [0.5, 0.6) is 0 Å². The molecular formula is C16H24N2OS. The molecule has 1 saturated heterocycles. The molecule has 20 heavy (non-hydrogen) atoms. The Bertz CT molecular complexity index is 416. The molecule has 0 aromatic heterocycles. The number of hydrogen-bond donors (Lipinski definition) is 1. The van der Waals surface area contributed by atoms with Crippen LogP contribution in [0.4, 0.5) is 0 Å². The van der Waals surface area contributed by atoms with Crippen molar-refractivity contribution < 1.29 is 4.79 Å². The van der Waals surface area contributed by atoms with Crippen LogP contribution >= 0.6 is 11.8 Å². The van der Waals surface area contributed by atoms with Crippen LogP contribution < -0.4 is 5.32 Å². The van der Waals surface area contributed by atoms with E-state index in [4.69, 9.17) is 0 Å². The van der Waals surface area contributed by atoms with Crippen molar-refractivity contribution in [1.82, 2.24) is 10.2 Å². The van der Waals surface area contributed by atoms with Gasteiger partial charge >= 0.3 is 0 Å². The number of benzene rings is 1. The molecule has 2 rings (SSSR count). The minimum atomic E-state index is 0.286. The second-order valence-electron chi connectivity index (χ2n) is 5.45. The smallest absolute Gasteiger partial charge is 0.223 e. The van der Waals surface area contributed by atoms with Crippen molar-refractivity contribution in [1.29, 1.82) is 0 Å². The molecule has 1 amide bonds. The van der Waals surface area contributed by atoms with E-state index in [-0.39, 0.29) is 11.9 Å². The number of carbonyl (C=O) groups is 1. The quantitative estimate of drug-likeness (QED) is 0.818. The summed E-state index contributed by atoms with van der Waals surface area (Å²) in [6.45, 7) is 6.19. The number of thioether (sulfide) groups is 1. The largest absolute Gasteiger partial charge is 0.336 e. The van der Waals surface area contributed by atoms with E-state index in [1.807, 2.05) is 18.2 Å². The molecule has 1 atom stereocenters. The molecular weight excluding hydrogens is 268 g/mol. The van der Waals surface area contributed by atoms with Crippen LogP contribution in [0.2, 0.25) is 0 Å². The molecule has 3 nitrogen and oxygen atoms in total. The first-order valence-electron chi connectivity index (χ1n) is 7.38. The molecule has 1 aromatic rings. The SMILES string of the molecule is CC(C)N(C(=O)CCSc1ccccc1)C1CCNC1. The summed E-state index contributed by atoms with van der Waals surface area (Å²) >= 11 is 1.76. The Hall–Kier alpha value is -1.00. The molecule has 1 aliphatic rings. The lowest BCUT2D eigenvalue weighted by Crippen LogP contribution is -2.46. The molecule has 1 N–H and O–H groups in total. The van der Waals surface area contributed by atoms with E-state index in [1.165, 1.54) is 4.90 Å². The minimum absolute atomic E-state index is 0.286. The van der Waals surface area contributed by atoms with Crippen LogP contribution in [0.1, 0.15) is 26.7 Å². The average molecular weight is 292 g/mol. The molecule has 0 bridgehead atoms. The van der Waals surface area contributed by atoms with E-state index in [0.29, 0.717) is 12.5 Å². The Morgan fingerprint density at radius 1 is 1.40 bits per heavy atom. The predicted octanol–water partition coefficient (Wildman–Crippen LogP) is 2.77. The lowest BCUT2D eigenvalue weighted by Gasteiger charge is -2.32. The zero-order valence-corrected chi connectivity index (χ0v) is 13.2. The third-order valence-electron chi connectivity index (χ3n) is 3.60. The van der Waals surface area contributed by atoms with Crippen LogP contribution in [-0.4, -0.2) is 41.7 Å². The standard InChI is InChI=1S/C16H24N2OS/c1-13(2)18(14-8-10-17-12-14)16(19)9-11-20-15-6-4-3-5-7-15/h3-7,13-14,17H,8-12H2,1-2H3. The Balaban J connectivity index is 1.82. The average Bonchev–Trinajstić information content (AvgIpc) is 2.93. The molecule has 1 fully saturated rings. The number of nitrogens with one attached hydrogen (secondary N) is 1. The first-order valence-corrected chi connectivity index (χ1v) is 8.37. The van der Waals surface area contributed by atoms with Gasteiger partial charge in [-0.3, -0.25) is 4.79 Å². The topological polar surface area (TPSA) is 32.3 Å². The first-order chi connectivity index (χ1) is 9.68.